The van der Waals surface area contributed by atoms with Gasteiger partial charge in [0, 0.05) is 4.47 Å². The fraction of sp³-hybridized carbons (Fsp3) is 0.333. The van der Waals surface area contributed by atoms with Crippen LogP contribution >= 0.6 is 15.9 Å². The monoisotopic (exact) mass is 381 g/mol. The first kappa shape index (κ1) is 17.1. The van der Waals surface area contributed by atoms with Crippen molar-refractivity contribution in [3.63, 3.8) is 0 Å². The molecule has 0 aliphatic carbocycles. The lowest BCUT2D eigenvalue weighted by atomic mass is 10.1. The van der Waals surface area contributed by atoms with E-state index in [0.717, 1.165) is 4.47 Å². The fourth-order valence-electron chi connectivity index (χ4n) is 2.09. The molecule has 0 saturated carbocycles. The molecule has 0 radical (unpaired) electrons. The SMILES string of the molecule is COC(=O)C(C)(C)NC(=O)Cn1cnc2ccc(Br)cc2c1=O. The number of fused-ring (bicyclic) bond motifs is 1. The molecule has 8 heteroatoms. The van der Waals surface area contributed by atoms with Gasteiger partial charge in [0.15, 0.2) is 0 Å². The van der Waals surface area contributed by atoms with E-state index in [4.69, 9.17) is 0 Å². The number of hydrogen-bond donors (Lipinski definition) is 1. The Morgan fingerprint density at radius 2 is 2.09 bits per heavy atom. The molecule has 0 aliphatic heterocycles. The van der Waals surface area contributed by atoms with Crippen LogP contribution in [0.3, 0.4) is 0 Å². The Morgan fingerprint density at radius 3 is 2.74 bits per heavy atom. The lowest BCUT2D eigenvalue weighted by Gasteiger charge is -2.23. The molecule has 0 bridgehead atoms. The highest BCUT2D eigenvalue weighted by molar-refractivity contribution is 9.10. The van der Waals surface area contributed by atoms with Crippen LogP contribution in [0.1, 0.15) is 13.8 Å². The van der Waals surface area contributed by atoms with Crippen molar-refractivity contribution in [1.29, 1.82) is 0 Å². The molecule has 1 aromatic heterocycles. The summed E-state index contributed by atoms with van der Waals surface area (Å²) in [6, 6.07) is 5.15. The number of carbonyl (C=O) groups is 2. The molecular weight excluding hydrogens is 366 g/mol. The molecule has 1 amide bonds. The third-order valence-electron chi connectivity index (χ3n) is 3.25. The summed E-state index contributed by atoms with van der Waals surface area (Å²) >= 11 is 3.30. The number of benzene rings is 1. The van der Waals surface area contributed by atoms with E-state index in [-0.39, 0.29) is 12.1 Å². The first-order chi connectivity index (χ1) is 10.7. The number of esters is 1. The Balaban J connectivity index is 2.25. The van der Waals surface area contributed by atoms with Crippen molar-refractivity contribution in [2.75, 3.05) is 7.11 Å². The van der Waals surface area contributed by atoms with Gasteiger partial charge in [-0.1, -0.05) is 15.9 Å². The average Bonchev–Trinajstić information content (AvgIpc) is 2.49. The molecule has 0 aliphatic rings. The summed E-state index contributed by atoms with van der Waals surface area (Å²) in [6.45, 7) is 2.80. The van der Waals surface area contributed by atoms with Gasteiger partial charge >= 0.3 is 5.97 Å². The summed E-state index contributed by atoms with van der Waals surface area (Å²) in [5.41, 5.74) is -0.963. The number of hydrogen-bond acceptors (Lipinski definition) is 5. The molecule has 0 unspecified atom stereocenters. The molecule has 7 nitrogen and oxygen atoms in total. The quantitative estimate of drug-likeness (QED) is 0.804. The third kappa shape index (κ3) is 3.76. The molecule has 2 rings (SSSR count). The van der Waals surface area contributed by atoms with Crippen LogP contribution < -0.4 is 10.9 Å². The van der Waals surface area contributed by atoms with Crippen molar-refractivity contribution >= 4 is 38.7 Å². The van der Waals surface area contributed by atoms with E-state index < -0.39 is 17.4 Å². The molecule has 122 valence electrons. The Kier molecular flexibility index (Phi) is 4.84. The third-order valence-corrected chi connectivity index (χ3v) is 3.74. The Morgan fingerprint density at radius 1 is 1.39 bits per heavy atom. The van der Waals surface area contributed by atoms with Crippen LogP contribution in [0.25, 0.3) is 10.9 Å². The highest BCUT2D eigenvalue weighted by atomic mass is 79.9. The minimum absolute atomic E-state index is 0.241. The maximum atomic E-state index is 12.4. The minimum atomic E-state index is -1.18. The highest BCUT2D eigenvalue weighted by Crippen LogP contribution is 2.14. The number of ether oxygens (including phenoxy) is 1. The maximum Gasteiger partial charge on any atom is 0.330 e. The molecule has 0 spiro atoms. The summed E-state index contributed by atoms with van der Waals surface area (Å²) in [7, 11) is 1.24. The van der Waals surface area contributed by atoms with Gasteiger partial charge in [-0.15, -0.1) is 0 Å². The zero-order valence-electron chi connectivity index (χ0n) is 12.9. The van der Waals surface area contributed by atoms with Crippen molar-refractivity contribution in [3.05, 3.63) is 39.4 Å². The molecule has 0 saturated heterocycles. The number of rotatable bonds is 4. The molecule has 1 heterocycles. The molecular formula is C15H16BrN3O4. The van der Waals surface area contributed by atoms with Crippen LogP contribution in [0.15, 0.2) is 33.8 Å². The molecule has 0 atom stereocenters. The molecule has 1 aromatic carbocycles. The van der Waals surface area contributed by atoms with E-state index in [0.29, 0.717) is 10.9 Å². The van der Waals surface area contributed by atoms with Crippen molar-refractivity contribution in [1.82, 2.24) is 14.9 Å². The molecule has 0 fully saturated rings. The topological polar surface area (TPSA) is 90.3 Å². The van der Waals surface area contributed by atoms with E-state index in [9.17, 15) is 14.4 Å². The van der Waals surface area contributed by atoms with Gasteiger partial charge in [-0.2, -0.15) is 0 Å². The van der Waals surface area contributed by atoms with Crippen molar-refractivity contribution in [2.24, 2.45) is 0 Å². The standard InChI is InChI=1S/C15H16BrN3O4/c1-15(2,14(22)23-3)18-12(20)7-19-8-17-11-5-4-9(16)6-10(11)13(19)21/h4-6,8H,7H2,1-3H3,(H,18,20). The summed E-state index contributed by atoms with van der Waals surface area (Å²) in [5.74, 6) is -1.06. The normalized spacial score (nSPS) is 11.3. The minimum Gasteiger partial charge on any atom is -0.467 e. The second-order valence-corrected chi connectivity index (χ2v) is 6.42. The lowest BCUT2D eigenvalue weighted by Crippen LogP contribution is -2.51. The number of nitrogens with zero attached hydrogens (tertiary/aromatic N) is 2. The number of carbonyl (C=O) groups excluding carboxylic acids is 2. The first-order valence-electron chi connectivity index (χ1n) is 6.79. The Labute approximate surface area is 140 Å². The predicted octanol–water partition coefficient (Wildman–Crippen LogP) is 1.23. The molecule has 23 heavy (non-hydrogen) atoms. The Bertz CT molecular complexity index is 829. The summed E-state index contributed by atoms with van der Waals surface area (Å²) in [6.07, 6.45) is 1.31. The molecule has 2 aromatic rings. The van der Waals surface area contributed by atoms with Crippen LogP contribution in [-0.4, -0.2) is 34.1 Å². The van der Waals surface area contributed by atoms with Crippen LogP contribution in [-0.2, 0) is 20.9 Å². The smallest absolute Gasteiger partial charge is 0.330 e. The number of methoxy groups -OCH3 is 1. The van der Waals surface area contributed by atoms with Gasteiger partial charge in [0.2, 0.25) is 5.91 Å². The van der Waals surface area contributed by atoms with Crippen LogP contribution in [0.2, 0.25) is 0 Å². The second kappa shape index (κ2) is 6.49. The average molecular weight is 382 g/mol. The van der Waals surface area contributed by atoms with Gasteiger partial charge in [-0.05, 0) is 32.0 Å². The predicted molar refractivity (Wildman–Crippen MR) is 87.9 cm³/mol. The zero-order valence-corrected chi connectivity index (χ0v) is 14.5. The summed E-state index contributed by atoms with van der Waals surface area (Å²) < 4.78 is 6.56. The van der Waals surface area contributed by atoms with E-state index >= 15 is 0 Å². The van der Waals surface area contributed by atoms with Crippen LogP contribution in [0.5, 0.6) is 0 Å². The van der Waals surface area contributed by atoms with Crippen molar-refractivity contribution < 1.29 is 14.3 Å². The number of nitrogens with one attached hydrogen (secondary N) is 1. The van der Waals surface area contributed by atoms with Crippen LogP contribution in [0, 0.1) is 0 Å². The largest absolute Gasteiger partial charge is 0.467 e. The maximum absolute atomic E-state index is 12.4. The van der Waals surface area contributed by atoms with Gasteiger partial charge in [0.1, 0.15) is 12.1 Å². The lowest BCUT2D eigenvalue weighted by molar-refractivity contribution is -0.149. The Hall–Kier alpha value is -2.22. The summed E-state index contributed by atoms with van der Waals surface area (Å²) in [5, 5.41) is 2.94. The van der Waals surface area contributed by atoms with Gasteiger partial charge in [-0.25, -0.2) is 9.78 Å². The van der Waals surface area contributed by atoms with E-state index in [1.54, 1.807) is 18.2 Å². The molecule has 1 N–H and O–H groups in total. The van der Waals surface area contributed by atoms with E-state index in [2.05, 4.69) is 31.0 Å². The summed E-state index contributed by atoms with van der Waals surface area (Å²) in [4.78, 5) is 40.2. The van der Waals surface area contributed by atoms with Gasteiger partial charge in [0.05, 0.1) is 24.3 Å². The van der Waals surface area contributed by atoms with E-state index in [1.807, 2.05) is 0 Å². The van der Waals surface area contributed by atoms with Crippen molar-refractivity contribution in [2.45, 2.75) is 25.9 Å². The fourth-order valence-corrected chi connectivity index (χ4v) is 2.45. The zero-order chi connectivity index (χ0) is 17.2. The van der Waals surface area contributed by atoms with Crippen molar-refractivity contribution in [3.8, 4) is 0 Å². The number of aromatic nitrogens is 2. The first-order valence-corrected chi connectivity index (χ1v) is 7.58. The second-order valence-electron chi connectivity index (χ2n) is 5.50. The van der Waals surface area contributed by atoms with Gasteiger partial charge in [-0.3, -0.25) is 14.2 Å². The number of amides is 1. The highest BCUT2D eigenvalue weighted by Gasteiger charge is 2.30. The van der Waals surface area contributed by atoms with Crippen LogP contribution in [0.4, 0.5) is 0 Å². The number of halogens is 1. The van der Waals surface area contributed by atoms with E-state index in [1.165, 1.54) is 31.9 Å². The van der Waals surface area contributed by atoms with Gasteiger partial charge < -0.3 is 10.1 Å². The van der Waals surface area contributed by atoms with Gasteiger partial charge in [0.25, 0.3) is 5.56 Å².